The molecule has 2 amide bonds. The van der Waals surface area contributed by atoms with E-state index in [4.69, 9.17) is 0 Å². The molecule has 2 N–H and O–H groups in total. The van der Waals surface area contributed by atoms with Gasteiger partial charge in [-0.3, -0.25) is 9.59 Å². The number of amides is 2. The van der Waals surface area contributed by atoms with E-state index in [0.717, 1.165) is 5.56 Å². The molecule has 23 heavy (non-hydrogen) atoms. The number of hydrogen-bond donors (Lipinski definition) is 2. The molecule has 0 spiro atoms. The monoisotopic (exact) mass is 311 g/mol. The minimum Gasteiger partial charge on any atom is -0.318 e. The Labute approximate surface area is 132 Å². The maximum Gasteiger partial charge on any atom is 0.329 e. The molecule has 0 aliphatic carbocycles. The quantitative estimate of drug-likeness (QED) is 0.517. The number of halogens is 1. The summed E-state index contributed by atoms with van der Waals surface area (Å²) in [6.07, 6.45) is 4.79. The molecule has 0 atom stereocenters. The van der Waals surface area contributed by atoms with Crippen LogP contribution in [0.25, 0.3) is 6.08 Å². The lowest BCUT2D eigenvalue weighted by Crippen LogP contribution is -2.32. The van der Waals surface area contributed by atoms with Crippen LogP contribution in [0.15, 0.2) is 65.8 Å². The third kappa shape index (κ3) is 5.55. The Balaban J connectivity index is 1.79. The van der Waals surface area contributed by atoms with E-state index >= 15 is 0 Å². The summed E-state index contributed by atoms with van der Waals surface area (Å²) in [7, 11) is 0. The zero-order chi connectivity index (χ0) is 16.5. The highest BCUT2D eigenvalue weighted by atomic mass is 19.1. The van der Waals surface area contributed by atoms with Gasteiger partial charge in [-0.15, -0.1) is 0 Å². The number of nitrogens with one attached hydrogen (secondary N) is 2. The van der Waals surface area contributed by atoms with Gasteiger partial charge in [0.25, 0.3) is 0 Å². The predicted octanol–water partition coefficient (Wildman–Crippen LogP) is 2.58. The Kier molecular flexibility index (Phi) is 5.76. The summed E-state index contributed by atoms with van der Waals surface area (Å²) in [5, 5.41) is 5.96. The van der Waals surface area contributed by atoms with Crippen LogP contribution in [-0.4, -0.2) is 18.0 Å². The second-order valence-electron chi connectivity index (χ2n) is 4.45. The number of rotatable bonds is 4. The van der Waals surface area contributed by atoms with E-state index in [2.05, 4.69) is 15.8 Å². The van der Waals surface area contributed by atoms with Gasteiger partial charge in [-0.05, 0) is 35.9 Å². The first-order valence-corrected chi connectivity index (χ1v) is 6.77. The molecule has 0 unspecified atom stereocenters. The summed E-state index contributed by atoms with van der Waals surface area (Å²) in [5.74, 6) is -2.23. The molecule has 0 aromatic heterocycles. The van der Waals surface area contributed by atoms with E-state index in [1.807, 2.05) is 30.3 Å². The molecule has 0 aliphatic heterocycles. The van der Waals surface area contributed by atoms with E-state index in [-0.39, 0.29) is 0 Å². The average Bonchev–Trinajstić information content (AvgIpc) is 2.57. The van der Waals surface area contributed by atoms with Gasteiger partial charge in [0.1, 0.15) is 5.82 Å². The molecule has 0 bridgehead atoms. The smallest absolute Gasteiger partial charge is 0.318 e. The highest BCUT2D eigenvalue weighted by Crippen LogP contribution is 2.07. The van der Waals surface area contributed by atoms with Crippen molar-refractivity contribution >= 4 is 29.8 Å². The van der Waals surface area contributed by atoms with Gasteiger partial charge in [-0.25, -0.2) is 9.82 Å². The second kappa shape index (κ2) is 8.23. The lowest BCUT2D eigenvalue weighted by Gasteiger charge is -2.03. The van der Waals surface area contributed by atoms with E-state index in [9.17, 15) is 14.0 Å². The molecule has 2 aromatic rings. The van der Waals surface area contributed by atoms with Gasteiger partial charge < -0.3 is 5.32 Å². The van der Waals surface area contributed by atoms with Crippen LogP contribution in [0.3, 0.4) is 0 Å². The van der Waals surface area contributed by atoms with Crippen molar-refractivity contribution in [1.82, 2.24) is 5.43 Å². The van der Waals surface area contributed by atoms with Crippen molar-refractivity contribution in [2.24, 2.45) is 5.10 Å². The van der Waals surface area contributed by atoms with Gasteiger partial charge in [-0.2, -0.15) is 5.10 Å². The number of carbonyl (C=O) groups excluding carboxylic acids is 2. The second-order valence-corrected chi connectivity index (χ2v) is 4.45. The molecular formula is C17H14FN3O2. The Morgan fingerprint density at radius 2 is 1.65 bits per heavy atom. The van der Waals surface area contributed by atoms with Gasteiger partial charge in [0.2, 0.25) is 0 Å². The van der Waals surface area contributed by atoms with Crippen LogP contribution >= 0.6 is 0 Å². The first kappa shape index (κ1) is 16.1. The van der Waals surface area contributed by atoms with Crippen LogP contribution in [0, 0.1) is 5.82 Å². The van der Waals surface area contributed by atoms with Crippen LogP contribution in [0.2, 0.25) is 0 Å². The van der Waals surface area contributed by atoms with Gasteiger partial charge in [-0.1, -0.05) is 36.4 Å². The molecule has 0 fully saturated rings. The molecule has 5 nitrogen and oxygen atoms in total. The van der Waals surface area contributed by atoms with E-state index < -0.39 is 17.6 Å². The van der Waals surface area contributed by atoms with Crippen molar-refractivity contribution in [2.75, 3.05) is 5.32 Å². The Hall–Kier alpha value is -3.28. The molecule has 0 aliphatic rings. The maximum atomic E-state index is 12.7. The van der Waals surface area contributed by atoms with Crippen molar-refractivity contribution in [3.8, 4) is 0 Å². The fourth-order valence-electron chi connectivity index (χ4n) is 1.63. The van der Waals surface area contributed by atoms with Gasteiger partial charge >= 0.3 is 11.8 Å². The summed E-state index contributed by atoms with van der Waals surface area (Å²) in [6, 6.07) is 14.6. The highest BCUT2D eigenvalue weighted by molar-refractivity contribution is 6.39. The number of benzene rings is 2. The van der Waals surface area contributed by atoms with E-state index in [0.29, 0.717) is 5.69 Å². The van der Waals surface area contributed by atoms with Gasteiger partial charge in [0.05, 0.1) is 0 Å². The van der Waals surface area contributed by atoms with E-state index in [1.54, 1.807) is 12.2 Å². The molecule has 0 radical (unpaired) electrons. The number of hydrazone groups is 1. The summed E-state index contributed by atoms with van der Waals surface area (Å²) in [4.78, 5) is 23.1. The average molecular weight is 311 g/mol. The van der Waals surface area contributed by atoms with Crippen molar-refractivity contribution in [3.05, 3.63) is 72.1 Å². The minimum atomic E-state index is -0.918. The van der Waals surface area contributed by atoms with Gasteiger partial charge in [0.15, 0.2) is 0 Å². The number of anilines is 1. The third-order valence-electron chi connectivity index (χ3n) is 2.72. The molecule has 116 valence electrons. The van der Waals surface area contributed by atoms with Crippen molar-refractivity contribution in [2.45, 2.75) is 0 Å². The Bertz CT molecular complexity index is 725. The fourth-order valence-corrected chi connectivity index (χ4v) is 1.63. The van der Waals surface area contributed by atoms with Crippen molar-refractivity contribution < 1.29 is 14.0 Å². The third-order valence-corrected chi connectivity index (χ3v) is 2.72. The zero-order valence-electron chi connectivity index (χ0n) is 12.1. The first-order chi connectivity index (χ1) is 11.1. The number of nitrogens with zero attached hydrogens (tertiary/aromatic N) is 1. The lowest BCUT2D eigenvalue weighted by molar-refractivity contribution is -0.136. The molecule has 2 aromatic carbocycles. The number of carbonyl (C=O) groups is 2. The Morgan fingerprint density at radius 3 is 2.35 bits per heavy atom. The minimum absolute atomic E-state index is 0.319. The molecular weight excluding hydrogens is 297 g/mol. The molecule has 6 heteroatoms. The molecule has 0 saturated heterocycles. The van der Waals surface area contributed by atoms with Crippen LogP contribution in [0.1, 0.15) is 5.56 Å². The van der Waals surface area contributed by atoms with Crippen LogP contribution in [0.4, 0.5) is 10.1 Å². The van der Waals surface area contributed by atoms with Crippen molar-refractivity contribution in [1.29, 1.82) is 0 Å². The normalized spacial score (nSPS) is 10.8. The Morgan fingerprint density at radius 1 is 0.957 bits per heavy atom. The topological polar surface area (TPSA) is 70.6 Å². The maximum absolute atomic E-state index is 12.7. The van der Waals surface area contributed by atoms with Crippen LogP contribution in [-0.2, 0) is 9.59 Å². The molecule has 0 heterocycles. The molecule has 2 rings (SSSR count). The lowest BCUT2D eigenvalue weighted by atomic mass is 10.2. The SMILES string of the molecule is O=C(N/N=C\C=C\c1ccccc1)C(=O)Nc1ccc(F)cc1. The number of allylic oxidation sites excluding steroid dienone is 1. The summed E-state index contributed by atoms with van der Waals surface area (Å²) >= 11 is 0. The number of hydrogen-bond acceptors (Lipinski definition) is 3. The highest BCUT2D eigenvalue weighted by Gasteiger charge is 2.12. The summed E-state index contributed by atoms with van der Waals surface area (Å²) in [5.41, 5.74) is 3.40. The summed E-state index contributed by atoms with van der Waals surface area (Å²) in [6.45, 7) is 0. The van der Waals surface area contributed by atoms with E-state index in [1.165, 1.54) is 30.5 Å². The first-order valence-electron chi connectivity index (χ1n) is 6.77. The standard InChI is InChI=1S/C17H14FN3O2/c18-14-8-10-15(11-9-14)20-16(22)17(23)21-19-12-4-7-13-5-2-1-3-6-13/h1-12H,(H,20,22)(H,21,23)/b7-4+,19-12-. The zero-order valence-corrected chi connectivity index (χ0v) is 12.1. The largest absolute Gasteiger partial charge is 0.329 e. The summed E-state index contributed by atoms with van der Waals surface area (Å²) < 4.78 is 12.7. The predicted molar refractivity (Wildman–Crippen MR) is 87.1 cm³/mol. The molecule has 0 saturated carbocycles. The van der Waals surface area contributed by atoms with Crippen LogP contribution < -0.4 is 10.7 Å². The van der Waals surface area contributed by atoms with Crippen LogP contribution in [0.5, 0.6) is 0 Å². The fraction of sp³-hybridized carbons (Fsp3) is 0. The van der Waals surface area contributed by atoms with Gasteiger partial charge in [0, 0.05) is 11.9 Å². The van der Waals surface area contributed by atoms with Crippen molar-refractivity contribution in [3.63, 3.8) is 0 Å².